The molecule has 1 aromatic heterocycles. The van der Waals surface area contributed by atoms with E-state index in [1.54, 1.807) is 28.5 Å². The van der Waals surface area contributed by atoms with Gasteiger partial charge in [0.2, 0.25) is 23.2 Å². The van der Waals surface area contributed by atoms with Gasteiger partial charge in [0.15, 0.2) is 28.8 Å². The van der Waals surface area contributed by atoms with Crippen molar-refractivity contribution in [3.8, 4) is 28.7 Å². The number of nitrogens with zero attached hydrogens (tertiary/aromatic N) is 2. The van der Waals surface area contributed by atoms with Crippen LogP contribution in [0, 0.1) is 17.8 Å². The average molecular weight is 818 g/mol. The van der Waals surface area contributed by atoms with Crippen LogP contribution in [0.5, 0.6) is 28.7 Å². The molecule has 7 rings (SSSR count). The number of halogens is 1. The highest BCUT2D eigenvalue weighted by atomic mass is 35.5. The molecule has 308 valence electrons. The number of aliphatic hydroxyl groups is 1. The molecule has 7 atom stereocenters. The number of hydrogen-bond donors (Lipinski definition) is 3. The Labute approximate surface area is 340 Å². The van der Waals surface area contributed by atoms with E-state index in [-0.39, 0.29) is 80.5 Å². The maximum Gasteiger partial charge on any atom is 0.250 e. The van der Waals surface area contributed by atoms with Gasteiger partial charge in [0.25, 0.3) is 5.56 Å². The lowest BCUT2D eigenvalue weighted by Gasteiger charge is -2.44. The zero-order valence-electron chi connectivity index (χ0n) is 33.3. The van der Waals surface area contributed by atoms with E-state index in [2.05, 4.69) is 5.32 Å². The van der Waals surface area contributed by atoms with Gasteiger partial charge in [-0.3, -0.25) is 24.0 Å². The number of carbonyl (C=O) groups excluding carboxylic acids is 4. The van der Waals surface area contributed by atoms with E-state index in [0.29, 0.717) is 31.6 Å². The summed E-state index contributed by atoms with van der Waals surface area (Å²) in [6.45, 7) is 6.74. The third kappa shape index (κ3) is 6.64. The number of amides is 2. The van der Waals surface area contributed by atoms with E-state index in [1.807, 2.05) is 19.9 Å². The van der Waals surface area contributed by atoms with Crippen LogP contribution in [0.2, 0.25) is 5.02 Å². The van der Waals surface area contributed by atoms with Crippen LogP contribution in [-0.2, 0) is 20.9 Å². The highest BCUT2D eigenvalue weighted by molar-refractivity contribution is 6.35. The molecule has 1 spiro atoms. The van der Waals surface area contributed by atoms with Gasteiger partial charge in [-0.1, -0.05) is 50.9 Å². The van der Waals surface area contributed by atoms with Gasteiger partial charge in [0, 0.05) is 73.6 Å². The number of carbonyl (C=O) groups is 4. The molecule has 1 saturated heterocycles. The number of Topliss-reactive ketones (excluding diaryl/α,β-unsaturated/α-hetero) is 2. The molecule has 1 fully saturated rings. The smallest absolute Gasteiger partial charge is 0.250 e. The van der Waals surface area contributed by atoms with Crippen LogP contribution in [0.4, 0.5) is 0 Å². The summed E-state index contributed by atoms with van der Waals surface area (Å²) in [5.74, 6) is -5.06. The highest BCUT2D eigenvalue weighted by Gasteiger charge is 2.61. The minimum atomic E-state index is -2.12. The molecule has 4 aliphatic rings. The summed E-state index contributed by atoms with van der Waals surface area (Å²) in [6, 6.07) is 10.0. The first-order valence-electron chi connectivity index (χ1n) is 19.5. The number of aromatic hydroxyl groups is 1. The van der Waals surface area contributed by atoms with E-state index in [4.69, 9.17) is 30.5 Å². The predicted octanol–water partition coefficient (Wildman–Crippen LogP) is 5.32. The Kier molecular flexibility index (Phi) is 11.0. The topological polar surface area (TPSA) is 183 Å². The van der Waals surface area contributed by atoms with Gasteiger partial charge in [-0.25, -0.2) is 0 Å². The molecule has 14 nitrogen and oxygen atoms in total. The number of allylic oxidation sites excluding steroid dienone is 1. The molecule has 5 unspecified atom stereocenters. The number of phenols is 1. The van der Waals surface area contributed by atoms with Crippen LogP contribution < -0.4 is 29.8 Å². The van der Waals surface area contributed by atoms with Crippen molar-refractivity contribution in [1.82, 2.24) is 14.8 Å². The molecule has 2 aromatic carbocycles. The Morgan fingerprint density at radius 1 is 1.00 bits per heavy atom. The maximum absolute atomic E-state index is 14.5. The van der Waals surface area contributed by atoms with Crippen LogP contribution in [0.3, 0.4) is 0 Å². The van der Waals surface area contributed by atoms with Crippen molar-refractivity contribution in [2.75, 3.05) is 34.4 Å². The molecule has 58 heavy (non-hydrogen) atoms. The fraction of sp³-hybridized carbons (Fsp3) is 0.465. The molecule has 2 amide bonds. The van der Waals surface area contributed by atoms with Crippen molar-refractivity contribution < 1.29 is 48.3 Å². The van der Waals surface area contributed by atoms with E-state index in [9.17, 15) is 34.2 Å². The van der Waals surface area contributed by atoms with Gasteiger partial charge in [-0.2, -0.15) is 0 Å². The number of piperidine rings is 1. The quantitative estimate of drug-likeness (QED) is 0.228. The van der Waals surface area contributed by atoms with E-state index in [1.165, 1.54) is 45.6 Å². The van der Waals surface area contributed by atoms with Crippen molar-refractivity contribution >= 4 is 35.0 Å². The van der Waals surface area contributed by atoms with Crippen molar-refractivity contribution in [2.24, 2.45) is 17.8 Å². The van der Waals surface area contributed by atoms with E-state index < -0.39 is 53.1 Å². The third-order valence-electron chi connectivity index (χ3n) is 12.4. The Morgan fingerprint density at radius 3 is 2.41 bits per heavy atom. The van der Waals surface area contributed by atoms with Crippen LogP contribution in [-0.4, -0.2) is 89.1 Å². The number of hydrogen-bond acceptors (Lipinski definition) is 11. The first-order chi connectivity index (χ1) is 27.7. The molecule has 3 aliphatic heterocycles. The van der Waals surface area contributed by atoms with Gasteiger partial charge < -0.3 is 43.9 Å². The number of aromatic nitrogens is 1. The van der Waals surface area contributed by atoms with Crippen LogP contribution >= 0.6 is 11.6 Å². The van der Waals surface area contributed by atoms with Crippen molar-refractivity contribution in [3.05, 3.63) is 86.0 Å². The molecule has 0 radical (unpaired) electrons. The Bertz CT molecular complexity index is 2290. The zero-order chi connectivity index (χ0) is 41.8. The number of benzene rings is 2. The number of ether oxygens (including phenoxy) is 4. The number of methoxy groups -OCH3 is 3. The number of likely N-dealkylation sites (tertiary alicyclic amines) is 1. The zero-order valence-corrected chi connectivity index (χ0v) is 34.1. The summed E-state index contributed by atoms with van der Waals surface area (Å²) in [7, 11) is 4.10. The van der Waals surface area contributed by atoms with Gasteiger partial charge in [0.05, 0.1) is 21.3 Å². The number of nitrogens with one attached hydrogen (secondary N) is 1. The van der Waals surface area contributed by atoms with Gasteiger partial charge in [0.1, 0.15) is 28.1 Å². The molecule has 4 heterocycles. The van der Waals surface area contributed by atoms with Crippen molar-refractivity contribution in [3.63, 3.8) is 0 Å². The monoisotopic (exact) mass is 817 g/mol. The summed E-state index contributed by atoms with van der Waals surface area (Å²) in [5, 5.41) is 25.8. The second-order valence-electron chi connectivity index (χ2n) is 15.8. The van der Waals surface area contributed by atoms with Crippen LogP contribution in [0.1, 0.15) is 79.9 Å². The van der Waals surface area contributed by atoms with Gasteiger partial charge >= 0.3 is 0 Å². The summed E-state index contributed by atoms with van der Waals surface area (Å²) in [5.41, 5.74) is -1.25. The van der Waals surface area contributed by atoms with Crippen molar-refractivity contribution in [1.29, 1.82) is 0 Å². The minimum Gasteiger partial charge on any atom is -0.507 e. The molecule has 15 heteroatoms. The Hall–Kier alpha value is -5.50. The fourth-order valence-corrected chi connectivity index (χ4v) is 9.47. The first-order valence-corrected chi connectivity index (χ1v) is 19.9. The molecule has 0 saturated carbocycles. The van der Waals surface area contributed by atoms with Crippen LogP contribution in [0.15, 0.2) is 58.6 Å². The van der Waals surface area contributed by atoms with E-state index in [0.717, 1.165) is 12.1 Å². The molecule has 3 N–H and O–H groups in total. The summed E-state index contributed by atoms with van der Waals surface area (Å²) < 4.78 is 24.4. The second kappa shape index (κ2) is 15.7. The standard InChI is InChI=1S/C43H48ClN3O11/c1-7-21(2)38(42(54)46-18-23-14-25(20-46)27-9-8-10-34(51)47(27)19-23)45-33(50)16-26(24-11-12-28(48)30(15-24)55-4)35-29(49)13-22(3)43(40(35)52)41(53)36-31(56-5)17-32(57-6)37(44)39(36)58-43/h8-12,15,17,21-23,25-26,38,48,52H,7,13-14,16,18-20H2,1-6H3,(H,45,50)/t21?,22?,23-,25+,26?,38?,43?/m1/s1. The summed E-state index contributed by atoms with van der Waals surface area (Å²) >= 11 is 6.65. The number of aliphatic hydroxyl groups excluding tert-OH is 1. The molecule has 1 aliphatic carbocycles. The SMILES string of the molecule is CCC(C)C(NC(=O)CC(C1=C(O)C2(Oc3c(Cl)c(OC)cc(OC)c3C2=O)C(C)CC1=O)c1ccc(O)c(OC)c1)C(=O)N1C[C@H]2C[C@@H](C1)c1cccc(=O)n1C2. The van der Waals surface area contributed by atoms with Crippen LogP contribution in [0.25, 0.3) is 0 Å². The molecule has 2 bridgehead atoms. The van der Waals surface area contributed by atoms with Gasteiger partial charge in [-0.05, 0) is 42.0 Å². The molecular formula is C43H48ClN3O11. The van der Waals surface area contributed by atoms with Crippen molar-refractivity contribution in [2.45, 2.75) is 76.5 Å². The largest absolute Gasteiger partial charge is 0.507 e. The minimum absolute atomic E-state index is 0.0302. The summed E-state index contributed by atoms with van der Waals surface area (Å²) in [4.78, 5) is 71.9. The summed E-state index contributed by atoms with van der Waals surface area (Å²) in [6.07, 6.45) is 0.728. The van der Waals surface area contributed by atoms with E-state index >= 15 is 0 Å². The molecular weight excluding hydrogens is 770 g/mol. The fourth-order valence-electron chi connectivity index (χ4n) is 9.21. The number of pyridine rings is 1. The average Bonchev–Trinajstić information content (AvgIpc) is 3.53. The number of fused-ring (bicyclic) bond motifs is 5. The normalized spacial score (nSPS) is 23.7. The Balaban J connectivity index is 1.25. The number of rotatable bonds is 11. The molecule has 3 aromatic rings. The maximum atomic E-state index is 14.5. The number of ketones is 2. The lowest BCUT2D eigenvalue weighted by atomic mass is 9.69. The highest BCUT2D eigenvalue weighted by Crippen LogP contribution is 2.56. The Morgan fingerprint density at radius 2 is 1.72 bits per heavy atom. The number of phenolic OH excluding ortho intramolecular Hbond substituents is 1. The first kappa shape index (κ1) is 40.7. The predicted molar refractivity (Wildman–Crippen MR) is 212 cm³/mol. The second-order valence-corrected chi connectivity index (χ2v) is 16.2. The lowest BCUT2D eigenvalue weighted by Crippen LogP contribution is -2.56. The lowest BCUT2D eigenvalue weighted by molar-refractivity contribution is -0.140. The van der Waals surface area contributed by atoms with Gasteiger partial charge in [-0.15, -0.1) is 0 Å². The third-order valence-corrected chi connectivity index (χ3v) is 12.8.